The zero-order chi connectivity index (χ0) is 8.27. The lowest BCUT2D eigenvalue weighted by molar-refractivity contribution is 0.737. The topological polar surface area (TPSA) is 38.9 Å². The van der Waals surface area contributed by atoms with Crippen LogP contribution in [0.3, 0.4) is 0 Å². The summed E-state index contributed by atoms with van der Waals surface area (Å²) in [5.41, 5.74) is 6.75. The molecule has 0 aromatic carbocycles. The molecule has 1 heterocycles. The minimum atomic E-state index is 0.175. The van der Waals surface area contributed by atoms with Crippen LogP contribution in [-0.4, -0.2) is 11.0 Å². The smallest absolute Gasteiger partial charge is 0.129 e. The minimum absolute atomic E-state index is 0.175. The number of nitrogens with two attached hydrogens (primary N) is 1. The van der Waals surface area contributed by atoms with Gasteiger partial charge in [-0.05, 0) is 31.0 Å². The first-order valence-electron chi connectivity index (χ1n) is 3.54. The molecule has 1 atom stereocenters. The van der Waals surface area contributed by atoms with Crippen LogP contribution in [0.25, 0.3) is 0 Å². The maximum absolute atomic E-state index is 5.68. The Morgan fingerprint density at radius 1 is 1.73 bits per heavy atom. The highest BCUT2D eigenvalue weighted by atomic mass is 35.5. The maximum atomic E-state index is 5.68. The van der Waals surface area contributed by atoms with Gasteiger partial charge >= 0.3 is 0 Å². The van der Waals surface area contributed by atoms with Crippen molar-refractivity contribution >= 4 is 11.6 Å². The van der Waals surface area contributed by atoms with Gasteiger partial charge in [-0.15, -0.1) is 0 Å². The molecule has 0 aliphatic rings. The van der Waals surface area contributed by atoms with Crippen LogP contribution >= 0.6 is 11.6 Å². The molecule has 0 bridgehead atoms. The molecule has 1 rings (SSSR count). The average Bonchev–Trinajstić information content (AvgIpc) is 1.85. The predicted molar refractivity (Wildman–Crippen MR) is 46.6 cm³/mol. The Morgan fingerprint density at radius 2 is 2.45 bits per heavy atom. The lowest BCUT2D eigenvalue weighted by Crippen LogP contribution is -2.17. The van der Waals surface area contributed by atoms with Crippen molar-refractivity contribution in [1.29, 1.82) is 0 Å². The molecule has 0 aliphatic carbocycles. The van der Waals surface area contributed by atoms with Gasteiger partial charge in [0.05, 0.1) is 0 Å². The summed E-state index contributed by atoms with van der Waals surface area (Å²) in [6.07, 6.45) is 2.54. The molecule has 0 radical (unpaired) electrons. The van der Waals surface area contributed by atoms with Gasteiger partial charge in [0, 0.05) is 12.2 Å². The summed E-state index contributed by atoms with van der Waals surface area (Å²) in [6, 6.07) is 3.94. The number of nitrogens with zero attached hydrogens (tertiary/aromatic N) is 1. The van der Waals surface area contributed by atoms with Crippen LogP contribution in [0.1, 0.15) is 12.5 Å². The molecule has 11 heavy (non-hydrogen) atoms. The van der Waals surface area contributed by atoms with E-state index >= 15 is 0 Å². The van der Waals surface area contributed by atoms with Crippen molar-refractivity contribution in [2.45, 2.75) is 19.4 Å². The van der Waals surface area contributed by atoms with E-state index in [0.717, 1.165) is 12.0 Å². The second-order valence-corrected chi connectivity index (χ2v) is 3.06. The lowest BCUT2D eigenvalue weighted by atomic mass is 10.1. The number of pyridine rings is 1. The molecule has 0 amide bonds. The fourth-order valence-electron chi connectivity index (χ4n) is 0.941. The molecule has 2 N–H and O–H groups in total. The molecule has 1 aromatic heterocycles. The highest BCUT2D eigenvalue weighted by Crippen LogP contribution is 2.08. The van der Waals surface area contributed by atoms with E-state index in [-0.39, 0.29) is 6.04 Å². The Hall–Kier alpha value is -0.600. The summed E-state index contributed by atoms with van der Waals surface area (Å²) < 4.78 is 0. The Labute approximate surface area is 71.4 Å². The molecule has 0 spiro atoms. The monoisotopic (exact) mass is 170 g/mol. The Kier molecular flexibility index (Phi) is 2.85. The molecule has 0 unspecified atom stereocenters. The van der Waals surface area contributed by atoms with Crippen LogP contribution < -0.4 is 5.73 Å². The number of hydrogen-bond donors (Lipinski definition) is 1. The van der Waals surface area contributed by atoms with Gasteiger partial charge in [-0.3, -0.25) is 0 Å². The third kappa shape index (κ3) is 2.87. The van der Waals surface area contributed by atoms with Crippen LogP contribution in [-0.2, 0) is 6.42 Å². The number of rotatable bonds is 2. The van der Waals surface area contributed by atoms with Crippen molar-refractivity contribution in [3.63, 3.8) is 0 Å². The average molecular weight is 171 g/mol. The van der Waals surface area contributed by atoms with E-state index in [1.165, 1.54) is 0 Å². The highest BCUT2D eigenvalue weighted by molar-refractivity contribution is 6.29. The fraction of sp³-hybridized carbons (Fsp3) is 0.375. The summed E-state index contributed by atoms with van der Waals surface area (Å²) >= 11 is 5.68. The van der Waals surface area contributed by atoms with E-state index in [2.05, 4.69) is 4.98 Å². The first-order chi connectivity index (χ1) is 5.18. The number of aromatic nitrogens is 1. The van der Waals surface area contributed by atoms with Crippen molar-refractivity contribution in [2.24, 2.45) is 5.73 Å². The quantitative estimate of drug-likeness (QED) is 0.686. The van der Waals surface area contributed by atoms with Crippen LogP contribution in [0.2, 0.25) is 5.15 Å². The lowest BCUT2D eigenvalue weighted by Gasteiger charge is -2.03. The maximum Gasteiger partial charge on any atom is 0.129 e. The van der Waals surface area contributed by atoms with Crippen LogP contribution in [0.4, 0.5) is 0 Å². The summed E-state index contributed by atoms with van der Waals surface area (Å²) in [6.45, 7) is 1.97. The molecule has 0 saturated heterocycles. The number of halogens is 1. The third-order valence-corrected chi connectivity index (χ3v) is 1.56. The van der Waals surface area contributed by atoms with Gasteiger partial charge in [0.2, 0.25) is 0 Å². The van der Waals surface area contributed by atoms with Crippen LogP contribution in [0.5, 0.6) is 0 Å². The molecule has 0 aliphatic heterocycles. The van der Waals surface area contributed by atoms with E-state index in [4.69, 9.17) is 17.3 Å². The third-order valence-electron chi connectivity index (χ3n) is 1.35. The fourth-order valence-corrected chi connectivity index (χ4v) is 1.14. The van der Waals surface area contributed by atoms with Gasteiger partial charge in [-0.1, -0.05) is 11.6 Å². The van der Waals surface area contributed by atoms with Gasteiger partial charge in [0.15, 0.2) is 0 Å². The van der Waals surface area contributed by atoms with E-state index in [1.807, 2.05) is 19.1 Å². The highest BCUT2D eigenvalue weighted by Gasteiger charge is 1.97. The second-order valence-electron chi connectivity index (χ2n) is 2.67. The van der Waals surface area contributed by atoms with Gasteiger partial charge in [0.1, 0.15) is 5.15 Å². The van der Waals surface area contributed by atoms with Gasteiger partial charge in [-0.25, -0.2) is 4.98 Å². The van der Waals surface area contributed by atoms with Gasteiger partial charge < -0.3 is 5.73 Å². The largest absolute Gasteiger partial charge is 0.328 e. The Balaban J connectivity index is 2.71. The molecule has 1 aromatic rings. The molecule has 0 fully saturated rings. The molecule has 3 heteroatoms. The van der Waals surface area contributed by atoms with Crippen LogP contribution in [0, 0.1) is 0 Å². The van der Waals surface area contributed by atoms with E-state index in [9.17, 15) is 0 Å². The summed E-state index contributed by atoms with van der Waals surface area (Å²) in [5, 5.41) is 0.531. The summed E-state index contributed by atoms with van der Waals surface area (Å²) in [5.74, 6) is 0. The standard InChI is InChI=1S/C8H11ClN2/c1-6(10)4-7-2-3-11-8(9)5-7/h2-3,5-6H,4,10H2,1H3/t6-/m0/s1. The Bertz CT molecular complexity index is 235. The molecular weight excluding hydrogens is 160 g/mol. The molecule has 2 nitrogen and oxygen atoms in total. The first-order valence-corrected chi connectivity index (χ1v) is 3.92. The van der Waals surface area contributed by atoms with Crippen molar-refractivity contribution in [1.82, 2.24) is 4.98 Å². The first kappa shape index (κ1) is 8.50. The normalized spacial score (nSPS) is 13.0. The second kappa shape index (κ2) is 3.69. The van der Waals surface area contributed by atoms with E-state index in [1.54, 1.807) is 6.20 Å². The van der Waals surface area contributed by atoms with Crippen molar-refractivity contribution in [3.05, 3.63) is 29.0 Å². The van der Waals surface area contributed by atoms with Crippen molar-refractivity contribution < 1.29 is 0 Å². The number of hydrogen-bond acceptors (Lipinski definition) is 2. The molecular formula is C8H11ClN2. The zero-order valence-corrected chi connectivity index (χ0v) is 7.17. The zero-order valence-electron chi connectivity index (χ0n) is 6.42. The molecule has 60 valence electrons. The summed E-state index contributed by atoms with van der Waals surface area (Å²) in [4.78, 5) is 3.87. The molecule has 0 saturated carbocycles. The van der Waals surface area contributed by atoms with Crippen LogP contribution in [0.15, 0.2) is 18.3 Å². The summed E-state index contributed by atoms with van der Waals surface area (Å²) in [7, 11) is 0. The minimum Gasteiger partial charge on any atom is -0.328 e. The van der Waals surface area contributed by atoms with Gasteiger partial charge in [0.25, 0.3) is 0 Å². The van der Waals surface area contributed by atoms with Crippen molar-refractivity contribution in [3.8, 4) is 0 Å². The van der Waals surface area contributed by atoms with Gasteiger partial charge in [-0.2, -0.15) is 0 Å². The van der Waals surface area contributed by atoms with Crippen molar-refractivity contribution in [2.75, 3.05) is 0 Å². The SMILES string of the molecule is C[C@H](N)Cc1ccnc(Cl)c1. The van der Waals surface area contributed by atoms with E-state index < -0.39 is 0 Å². The van der Waals surface area contributed by atoms with E-state index in [0.29, 0.717) is 5.15 Å². The predicted octanol–water partition coefficient (Wildman–Crippen LogP) is 1.62. The Morgan fingerprint density at radius 3 is 3.00 bits per heavy atom.